The maximum absolute atomic E-state index is 12.2. The molecule has 0 fully saturated rings. The lowest BCUT2D eigenvalue weighted by atomic mass is 10.3. The van der Waals surface area contributed by atoms with Crippen molar-refractivity contribution >= 4 is 40.6 Å². The maximum atomic E-state index is 12.2. The number of nitrogens with zero attached hydrogens (tertiary/aromatic N) is 2. The van der Waals surface area contributed by atoms with Crippen molar-refractivity contribution in [3.8, 4) is 0 Å². The van der Waals surface area contributed by atoms with E-state index < -0.39 is 5.91 Å². The number of amides is 1. The lowest BCUT2D eigenvalue weighted by Crippen LogP contribution is -2.15. The largest absolute Gasteiger partial charge is 0.383 e. The second-order valence-electron chi connectivity index (χ2n) is 4.29. The molecule has 0 unspecified atom stereocenters. The molecule has 0 aliphatic carbocycles. The number of carbonyl (C=O) groups excluding carboxylic acids is 1. The van der Waals surface area contributed by atoms with Crippen LogP contribution in [0.4, 0.5) is 11.5 Å². The van der Waals surface area contributed by atoms with Gasteiger partial charge >= 0.3 is 0 Å². The molecule has 1 aromatic heterocycles. The third-order valence-electron chi connectivity index (χ3n) is 2.69. The highest BCUT2D eigenvalue weighted by atomic mass is 35.5. The highest BCUT2D eigenvalue weighted by Crippen LogP contribution is 2.25. The Morgan fingerprint density at radius 3 is 2.86 bits per heavy atom. The smallest absolute Gasteiger partial charge is 0.274 e. The minimum Gasteiger partial charge on any atom is -0.383 e. The lowest BCUT2D eigenvalue weighted by Gasteiger charge is -2.08. The quantitative estimate of drug-likeness (QED) is 0.790. The summed E-state index contributed by atoms with van der Waals surface area (Å²) in [6.07, 6.45) is 1.31. The Morgan fingerprint density at radius 2 is 2.09 bits per heavy atom. The number of anilines is 2. The van der Waals surface area contributed by atoms with E-state index in [2.05, 4.69) is 20.6 Å². The fourth-order valence-electron chi connectivity index (χ4n) is 1.64. The predicted molar refractivity (Wildman–Crippen MR) is 86.8 cm³/mol. The van der Waals surface area contributed by atoms with Crippen molar-refractivity contribution in [1.29, 1.82) is 0 Å². The van der Waals surface area contributed by atoms with Crippen LogP contribution in [0.2, 0.25) is 10.0 Å². The lowest BCUT2D eigenvalue weighted by molar-refractivity contribution is 0.102. The van der Waals surface area contributed by atoms with Crippen LogP contribution >= 0.6 is 23.2 Å². The summed E-state index contributed by atoms with van der Waals surface area (Å²) in [6.45, 7) is 1.11. The first-order valence-electron chi connectivity index (χ1n) is 6.41. The SMILES string of the molecule is COCCNc1cc(C(=O)Nc2cc(Cl)ccc2Cl)ncn1. The van der Waals surface area contributed by atoms with Crippen molar-refractivity contribution in [2.24, 2.45) is 0 Å². The molecule has 0 aliphatic heterocycles. The molecule has 2 aromatic rings. The summed E-state index contributed by atoms with van der Waals surface area (Å²) in [6, 6.07) is 6.36. The van der Waals surface area contributed by atoms with Crippen molar-refractivity contribution in [1.82, 2.24) is 9.97 Å². The average Bonchev–Trinajstić information content (AvgIpc) is 2.51. The molecule has 1 amide bonds. The van der Waals surface area contributed by atoms with Crippen LogP contribution in [0, 0.1) is 0 Å². The number of benzene rings is 1. The molecule has 0 aliphatic rings. The van der Waals surface area contributed by atoms with Crippen LogP contribution in [-0.2, 0) is 4.74 Å². The Balaban J connectivity index is 2.09. The molecule has 6 nitrogen and oxygen atoms in total. The molecule has 22 heavy (non-hydrogen) atoms. The van der Waals surface area contributed by atoms with Crippen LogP contribution in [-0.4, -0.2) is 36.1 Å². The second kappa shape index (κ2) is 7.93. The number of aromatic nitrogens is 2. The molecule has 1 heterocycles. The summed E-state index contributed by atoms with van der Waals surface area (Å²) in [4.78, 5) is 20.2. The first-order chi connectivity index (χ1) is 10.6. The maximum Gasteiger partial charge on any atom is 0.274 e. The Hall–Kier alpha value is -1.89. The van der Waals surface area contributed by atoms with E-state index >= 15 is 0 Å². The van der Waals surface area contributed by atoms with E-state index in [4.69, 9.17) is 27.9 Å². The number of hydrogen-bond acceptors (Lipinski definition) is 5. The van der Waals surface area contributed by atoms with Gasteiger partial charge in [-0.2, -0.15) is 0 Å². The third kappa shape index (κ3) is 4.56. The summed E-state index contributed by atoms with van der Waals surface area (Å²) in [5, 5.41) is 6.56. The van der Waals surface area contributed by atoms with Gasteiger partial charge in [0.2, 0.25) is 0 Å². The van der Waals surface area contributed by atoms with Gasteiger partial charge in [-0.1, -0.05) is 23.2 Å². The number of rotatable bonds is 6. The number of ether oxygens (including phenoxy) is 1. The van der Waals surface area contributed by atoms with E-state index in [0.29, 0.717) is 34.7 Å². The zero-order valence-electron chi connectivity index (χ0n) is 11.8. The van der Waals surface area contributed by atoms with Crippen LogP contribution in [0.1, 0.15) is 10.5 Å². The van der Waals surface area contributed by atoms with Crippen molar-refractivity contribution in [2.75, 3.05) is 30.9 Å². The average molecular weight is 341 g/mol. The second-order valence-corrected chi connectivity index (χ2v) is 5.13. The third-order valence-corrected chi connectivity index (χ3v) is 3.25. The van der Waals surface area contributed by atoms with Crippen LogP contribution in [0.5, 0.6) is 0 Å². The number of nitrogens with one attached hydrogen (secondary N) is 2. The Morgan fingerprint density at radius 1 is 1.27 bits per heavy atom. The Kier molecular flexibility index (Phi) is 5.94. The summed E-state index contributed by atoms with van der Waals surface area (Å²) in [7, 11) is 1.61. The van der Waals surface area contributed by atoms with Crippen LogP contribution in [0.15, 0.2) is 30.6 Å². The van der Waals surface area contributed by atoms with Crippen LogP contribution < -0.4 is 10.6 Å². The molecule has 0 atom stereocenters. The number of halogens is 2. The molecule has 0 spiro atoms. The van der Waals surface area contributed by atoms with Crippen LogP contribution in [0.3, 0.4) is 0 Å². The fraction of sp³-hybridized carbons (Fsp3) is 0.214. The van der Waals surface area contributed by atoms with Gasteiger partial charge in [0, 0.05) is 24.7 Å². The van der Waals surface area contributed by atoms with Gasteiger partial charge in [-0.25, -0.2) is 9.97 Å². The molecule has 1 aromatic carbocycles. The highest BCUT2D eigenvalue weighted by molar-refractivity contribution is 6.35. The molecule has 2 N–H and O–H groups in total. The van der Waals surface area contributed by atoms with Gasteiger partial charge in [-0.05, 0) is 18.2 Å². The van der Waals surface area contributed by atoms with Gasteiger partial charge in [0.05, 0.1) is 17.3 Å². The molecule has 0 radical (unpaired) electrons. The molecule has 0 bridgehead atoms. The van der Waals surface area contributed by atoms with Crippen molar-refractivity contribution < 1.29 is 9.53 Å². The van der Waals surface area contributed by atoms with Crippen LogP contribution in [0.25, 0.3) is 0 Å². The summed E-state index contributed by atoms with van der Waals surface area (Å²) >= 11 is 11.9. The van der Waals surface area contributed by atoms with Gasteiger partial charge in [0.15, 0.2) is 0 Å². The topological polar surface area (TPSA) is 76.1 Å². The Labute approximate surface area is 137 Å². The normalized spacial score (nSPS) is 10.3. The number of hydrogen-bond donors (Lipinski definition) is 2. The van der Waals surface area contributed by atoms with Gasteiger partial charge in [0.1, 0.15) is 17.8 Å². The number of methoxy groups -OCH3 is 1. The van der Waals surface area contributed by atoms with E-state index in [9.17, 15) is 4.79 Å². The molecular formula is C14H14Cl2N4O2. The first kappa shape index (κ1) is 16.5. The van der Waals surface area contributed by atoms with E-state index in [0.717, 1.165) is 0 Å². The Bertz CT molecular complexity index is 667. The minimum atomic E-state index is -0.402. The van der Waals surface area contributed by atoms with E-state index in [1.807, 2.05) is 0 Å². The predicted octanol–water partition coefficient (Wildman–Crippen LogP) is 3.09. The van der Waals surface area contributed by atoms with E-state index in [1.54, 1.807) is 31.4 Å². The molecule has 2 rings (SSSR count). The zero-order valence-corrected chi connectivity index (χ0v) is 13.3. The minimum absolute atomic E-state index is 0.214. The molecule has 0 saturated carbocycles. The van der Waals surface area contributed by atoms with Gasteiger partial charge in [0.25, 0.3) is 5.91 Å². The summed E-state index contributed by atoms with van der Waals surface area (Å²) in [5.74, 6) is 0.135. The van der Waals surface area contributed by atoms with Crippen molar-refractivity contribution in [3.05, 3.63) is 46.3 Å². The van der Waals surface area contributed by atoms with E-state index in [-0.39, 0.29) is 5.69 Å². The molecule has 116 valence electrons. The van der Waals surface area contributed by atoms with E-state index in [1.165, 1.54) is 6.33 Å². The number of carbonyl (C=O) groups is 1. The standard InChI is InChI=1S/C14H14Cl2N4O2/c1-22-5-4-17-13-7-12(18-8-19-13)14(21)20-11-6-9(15)2-3-10(11)16/h2-3,6-8H,4-5H2,1H3,(H,20,21)(H,17,18,19). The zero-order chi connectivity index (χ0) is 15.9. The van der Waals surface area contributed by atoms with Crippen molar-refractivity contribution in [2.45, 2.75) is 0 Å². The highest BCUT2D eigenvalue weighted by Gasteiger charge is 2.11. The monoisotopic (exact) mass is 340 g/mol. The molecule has 8 heteroatoms. The van der Waals surface area contributed by atoms with Gasteiger partial charge in [-0.3, -0.25) is 4.79 Å². The van der Waals surface area contributed by atoms with Crippen molar-refractivity contribution in [3.63, 3.8) is 0 Å². The summed E-state index contributed by atoms with van der Waals surface area (Å²) in [5.41, 5.74) is 0.637. The summed E-state index contributed by atoms with van der Waals surface area (Å²) < 4.78 is 4.93. The van der Waals surface area contributed by atoms with Gasteiger partial charge in [-0.15, -0.1) is 0 Å². The van der Waals surface area contributed by atoms with Gasteiger partial charge < -0.3 is 15.4 Å². The fourth-order valence-corrected chi connectivity index (χ4v) is 1.98. The first-order valence-corrected chi connectivity index (χ1v) is 7.17. The molecular weight excluding hydrogens is 327 g/mol. The molecule has 0 saturated heterocycles.